The van der Waals surface area contributed by atoms with Gasteiger partial charge in [-0.25, -0.2) is 0 Å². The average Bonchev–Trinajstić information content (AvgIpc) is 2.37. The smallest absolute Gasteiger partial charge is 0.133 e. The summed E-state index contributed by atoms with van der Waals surface area (Å²) in [6.45, 7) is 2.74. The third-order valence-corrected chi connectivity index (χ3v) is 2.35. The number of para-hydroxylation sites is 1. The number of hydrogen-bond donors (Lipinski definition) is 1. The Labute approximate surface area is 107 Å². The van der Waals surface area contributed by atoms with Crippen LogP contribution >= 0.6 is 0 Å². The molecule has 2 rings (SSSR count). The maximum Gasteiger partial charge on any atom is 0.133 e. The molecule has 0 aliphatic rings. The summed E-state index contributed by atoms with van der Waals surface area (Å²) in [5, 5.41) is 0. The van der Waals surface area contributed by atoms with Crippen LogP contribution in [0.2, 0.25) is 0 Å². The molecular formula is C15H17NO2. The SMILES string of the molecule is CCCOc1cc(N)cc(Oc2ccccc2)c1. The summed E-state index contributed by atoms with van der Waals surface area (Å²) in [6, 6.07) is 15.0. The van der Waals surface area contributed by atoms with Crippen LogP contribution in [-0.2, 0) is 0 Å². The minimum absolute atomic E-state index is 0.634. The largest absolute Gasteiger partial charge is 0.493 e. The van der Waals surface area contributed by atoms with Crippen LogP contribution in [0.1, 0.15) is 13.3 Å². The lowest BCUT2D eigenvalue weighted by atomic mass is 10.3. The molecule has 0 fully saturated rings. The van der Waals surface area contributed by atoms with Crippen molar-refractivity contribution in [2.24, 2.45) is 0 Å². The third kappa shape index (κ3) is 3.42. The molecule has 0 bridgehead atoms. The first-order chi connectivity index (χ1) is 8.78. The van der Waals surface area contributed by atoms with E-state index in [0.29, 0.717) is 18.0 Å². The zero-order chi connectivity index (χ0) is 12.8. The number of ether oxygens (including phenoxy) is 2. The van der Waals surface area contributed by atoms with Crippen molar-refractivity contribution in [2.45, 2.75) is 13.3 Å². The van der Waals surface area contributed by atoms with E-state index >= 15 is 0 Å². The number of nitrogen functional groups attached to an aromatic ring is 1. The Balaban J connectivity index is 2.15. The predicted molar refractivity (Wildman–Crippen MR) is 73.2 cm³/mol. The lowest BCUT2D eigenvalue weighted by Crippen LogP contribution is -1.97. The lowest BCUT2D eigenvalue weighted by Gasteiger charge is -2.10. The van der Waals surface area contributed by atoms with Crippen LogP contribution in [-0.4, -0.2) is 6.61 Å². The Morgan fingerprint density at radius 3 is 2.39 bits per heavy atom. The van der Waals surface area contributed by atoms with Crippen LogP contribution in [0.3, 0.4) is 0 Å². The summed E-state index contributed by atoms with van der Waals surface area (Å²) in [7, 11) is 0. The molecule has 0 heterocycles. The molecule has 3 nitrogen and oxygen atoms in total. The Hall–Kier alpha value is -2.16. The third-order valence-electron chi connectivity index (χ3n) is 2.35. The van der Waals surface area contributed by atoms with Crippen LogP contribution in [0, 0.1) is 0 Å². The summed E-state index contributed by atoms with van der Waals surface area (Å²) < 4.78 is 11.3. The van der Waals surface area contributed by atoms with Gasteiger partial charge in [-0.05, 0) is 18.6 Å². The normalized spacial score (nSPS) is 10.1. The lowest BCUT2D eigenvalue weighted by molar-refractivity contribution is 0.316. The van der Waals surface area contributed by atoms with E-state index in [2.05, 4.69) is 6.92 Å². The minimum atomic E-state index is 0.634. The van der Waals surface area contributed by atoms with Gasteiger partial charge in [0.2, 0.25) is 0 Å². The highest BCUT2D eigenvalue weighted by Gasteiger charge is 2.02. The van der Waals surface area contributed by atoms with Crippen LogP contribution in [0.25, 0.3) is 0 Å². The van der Waals surface area contributed by atoms with Crippen LogP contribution in [0.5, 0.6) is 17.2 Å². The zero-order valence-corrected chi connectivity index (χ0v) is 10.4. The highest BCUT2D eigenvalue weighted by Crippen LogP contribution is 2.28. The second-order valence-electron chi connectivity index (χ2n) is 4.00. The molecule has 0 unspecified atom stereocenters. The molecule has 3 heteroatoms. The molecule has 2 aromatic carbocycles. The molecule has 0 spiro atoms. The van der Waals surface area contributed by atoms with Crippen LogP contribution in [0.15, 0.2) is 48.5 Å². The number of anilines is 1. The molecule has 18 heavy (non-hydrogen) atoms. The second-order valence-corrected chi connectivity index (χ2v) is 4.00. The van der Waals surface area contributed by atoms with E-state index < -0.39 is 0 Å². The van der Waals surface area contributed by atoms with E-state index in [9.17, 15) is 0 Å². The Morgan fingerprint density at radius 1 is 0.944 bits per heavy atom. The molecule has 2 aromatic rings. The highest BCUT2D eigenvalue weighted by atomic mass is 16.5. The second kappa shape index (κ2) is 5.96. The average molecular weight is 243 g/mol. The summed E-state index contributed by atoms with van der Waals surface area (Å²) in [6.07, 6.45) is 0.962. The van der Waals surface area contributed by atoms with Crippen molar-refractivity contribution < 1.29 is 9.47 Å². The molecule has 0 amide bonds. The summed E-state index contributed by atoms with van der Waals surface area (Å²) in [5.41, 5.74) is 6.46. The molecule has 2 N–H and O–H groups in total. The van der Waals surface area contributed by atoms with E-state index in [-0.39, 0.29) is 0 Å². The zero-order valence-electron chi connectivity index (χ0n) is 10.4. The van der Waals surface area contributed by atoms with E-state index in [0.717, 1.165) is 17.9 Å². The van der Waals surface area contributed by atoms with Gasteiger partial charge in [0.1, 0.15) is 17.2 Å². The molecule has 0 radical (unpaired) electrons. The van der Waals surface area contributed by atoms with Gasteiger partial charge in [-0.1, -0.05) is 25.1 Å². The van der Waals surface area contributed by atoms with Crippen LogP contribution in [0.4, 0.5) is 5.69 Å². The molecule has 0 saturated heterocycles. The summed E-state index contributed by atoms with van der Waals surface area (Å²) >= 11 is 0. The topological polar surface area (TPSA) is 44.5 Å². The van der Waals surface area contributed by atoms with Crippen molar-refractivity contribution >= 4 is 5.69 Å². The molecule has 0 aliphatic heterocycles. The maximum absolute atomic E-state index is 5.82. The fraction of sp³-hybridized carbons (Fsp3) is 0.200. The van der Waals surface area contributed by atoms with Gasteiger partial charge in [-0.15, -0.1) is 0 Å². The van der Waals surface area contributed by atoms with Gasteiger partial charge < -0.3 is 15.2 Å². The highest BCUT2D eigenvalue weighted by molar-refractivity contribution is 5.51. The van der Waals surface area contributed by atoms with Gasteiger partial charge >= 0.3 is 0 Å². The standard InChI is InChI=1S/C15H17NO2/c1-2-8-17-14-9-12(16)10-15(11-14)18-13-6-4-3-5-7-13/h3-7,9-11H,2,8,16H2,1H3. The molecule has 94 valence electrons. The fourth-order valence-electron chi connectivity index (χ4n) is 1.58. The predicted octanol–water partition coefficient (Wildman–Crippen LogP) is 3.85. The summed E-state index contributed by atoms with van der Waals surface area (Å²) in [5.74, 6) is 2.21. The Kier molecular flexibility index (Phi) is 4.07. The Morgan fingerprint density at radius 2 is 1.67 bits per heavy atom. The van der Waals surface area contributed by atoms with Crippen molar-refractivity contribution in [1.82, 2.24) is 0 Å². The molecule has 0 saturated carbocycles. The van der Waals surface area contributed by atoms with Gasteiger partial charge in [0.05, 0.1) is 6.61 Å². The van der Waals surface area contributed by atoms with Gasteiger partial charge in [0, 0.05) is 23.9 Å². The van der Waals surface area contributed by atoms with Crippen molar-refractivity contribution in [3.8, 4) is 17.2 Å². The number of nitrogens with two attached hydrogens (primary N) is 1. The van der Waals surface area contributed by atoms with Crippen molar-refractivity contribution in [1.29, 1.82) is 0 Å². The Bertz CT molecular complexity index is 497. The van der Waals surface area contributed by atoms with Gasteiger partial charge in [-0.3, -0.25) is 0 Å². The van der Waals surface area contributed by atoms with E-state index in [4.69, 9.17) is 15.2 Å². The van der Waals surface area contributed by atoms with Crippen molar-refractivity contribution in [3.05, 3.63) is 48.5 Å². The quantitative estimate of drug-likeness (QED) is 0.811. The first kappa shape index (κ1) is 12.3. The molecule has 0 aromatic heterocycles. The molecular weight excluding hydrogens is 226 g/mol. The maximum atomic E-state index is 5.82. The first-order valence-corrected chi connectivity index (χ1v) is 6.04. The van der Waals surface area contributed by atoms with Gasteiger partial charge in [-0.2, -0.15) is 0 Å². The minimum Gasteiger partial charge on any atom is -0.493 e. The van der Waals surface area contributed by atoms with Crippen molar-refractivity contribution in [2.75, 3.05) is 12.3 Å². The first-order valence-electron chi connectivity index (χ1n) is 6.04. The summed E-state index contributed by atoms with van der Waals surface area (Å²) in [4.78, 5) is 0. The molecule has 0 atom stereocenters. The fourth-order valence-corrected chi connectivity index (χ4v) is 1.58. The monoisotopic (exact) mass is 243 g/mol. The van der Waals surface area contributed by atoms with Gasteiger partial charge in [0.25, 0.3) is 0 Å². The van der Waals surface area contributed by atoms with Crippen molar-refractivity contribution in [3.63, 3.8) is 0 Å². The van der Waals surface area contributed by atoms with E-state index in [1.807, 2.05) is 36.4 Å². The number of hydrogen-bond acceptors (Lipinski definition) is 3. The van der Waals surface area contributed by atoms with Gasteiger partial charge in [0.15, 0.2) is 0 Å². The van der Waals surface area contributed by atoms with E-state index in [1.165, 1.54) is 0 Å². The van der Waals surface area contributed by atoms with Crippen LogP contribution < -0.4 is 15.2 Å². The van der Waals surface area contributed by atoms with E-state index in [1.54, 1.807) is 12.1 Å². The number of rotatable bonds is 5. The molecule has 0 aliphatic carbocycles. The number of benzene rings is 2.